The van der Waals surface area contributed by atoms with Crippen LogP contribution in [0.1, 0.15) is 53.9 Å². The van der Waals surface area contributed by atoms with Gasteiger partial charge in [0.1, 0.15) is 0 Å². The normalized spacial score (nSPS) is 11.4. The molecule has 0 rings (SSSR count). The molecule has 0 unspecified atom stereocenters. The van der Waals surface area contributed by atoms with E-state index in [1.807, 2.05) is 0 Å². The fraction of sp³-hybridized carbons (Fsp3) is 0.818. The Morgan fingerprint density at radius 2 is 1.82 bits per heavy atom. The monoisotopic (exact) mass is 154 g/mol. The number of rotatable bonds is 4. The maximum atomic E-state index is 2.34. The highest BCUT2D eigenvalue weighted by molar-refractivity contribution is 4.95. The van der Waals surface area contributed by atoms with Crippen molar-refractivity contribution < 1.29 is 0 Å². The molecule has 66 valence electrons. The highest BCUT2D eigenvalue weighted by Crippen LogP contribution is 2.27. The van der Waals surface area contributed by atoms with E-state index in [4.69, 9.17) is 0 Å². The third-order valence-electron chi connectivity index (χ3n) is 1.99. The lowest BCUT2D eigenvalue weighted by Crippen LogP contribution is -2.08. The zero-order valence-corrected chi connectivity index (χ0v) is 8.70. The Labute approximate surface area is 71.7 Å². The summed E-state index contributed by atoms with van der Waals surface area (Å²) in [6.07, 6.45) is 6.19. The van der Waals surface area contributed by atoms with Crippen LogP contribution in [0, 0.1) is 5.41 Å². The summed E-state index contributed by atoms with van der Waals surface area (Å²) in [7, 11) is 0. The van der Waals surface area contributed by atoms with Crippen LogP contribution in [0.15, 0.2) is 11.6 Å². The van der Waals surface area contributed by atoms with E-state index in [0.717, 1.165) is 0 Å². The topological polar surface area (TPSA) is 0 Å². The quantitative estimate of drug-likeness (QED) is 0.533. The van der Waals surface area contributed by atoms with Crippen LogP contribution in [-0.2, 0) is 0 Å². The van der Waals surface area contributed by atoms with Gasteiger partial charge in [-0.25, -0.2) is 0 Å². The summed E-state index contributed by atoms with van der Waals surface area (Å²) in [6, 6.07) is 0. The molecule has 0 saturated carbocycles. The van der Waals surface area contributed by atoms with Crippen LogP contribution in [0.2, 0.25) is 0 Å². The van der Waals surface area contributed by atoms with Crippen LogP contribution in [0.5, 0.6) is 0 Å². The third kappa shape index (κ3) is 6.15. The van der Waals surface area contributed by atoms with Crippen molar-refractivity contribution in [2.45, 2.75) is 53.9 Å². The molecule has 0 aromatic heterocycles. The molecule has 0 radical (unpaired) electrons. The van der Waals surface area contributed by atoms with E-state index in [1.54, 1.807) is 0 Å². The van der Waals surface area contributed by atoms with Crippen molar-refractivity contribution in [3.05, 3.63) is 11.6 Å². The summed E-state index contributed by atoms with van der Waals surface area (Å²) in [4.78, 5) is 0. The fourth-order valence-corrected chi connectivity index (χ4v) is 1.26. The summed E-state index contributed by atoms with van der Waals surface area (Å²) >= 11 is 0. The van der Waals surface area contributed by atoms with E-state index in [-0.39, 0.29) is 0 Å². The maximum Gasteiger partial charge on any atom is -0.0297 e. The van der Waals surface area contributed by atoms with Gasteiger partial charge in [0, 0.05) is 0 Å². The molecule has 0 heterocycles. The summed E-state index contributed by atoms with van der Waals surface area (Å²) < 4.78 is 0. The number of allylic oxidation sites excluding steroid dienone is 2. The van der Waals surface area contributed by atoms with Crippen LogP contribution in [0.3, 0.4) is 0 Å². The average Bonchev–Trinajstić information content (AvgIpc) is 1.84. The first-order valence-electron chi connectivity index (χ1n) is 4.61. The lowest BCUT2D eigenvalue weighted by Gasteiger charge is -2.21. The van der Waals surface area contributed by atoms with Gasteiger partial charge < -0.3 is 0 Å². The smallest absolute Gasteiger partial charge is 0.0297 e. The van der Waals surface area contributed by atoms with E-state index in [2.05, 4.69) is 40.7 Å². The molecule has 0 amide bonds. The molecule has 0 aromatic rings. The van der Waals surface area contributed by atoms with Gasteiger partial charge in [0.05, 0.1) is 0 Å². The molecular formula is C11H22. The molecule has 0 saturated heterocycles. The summed E-state index contributed by atoms with van der Waals surface area (Å²) in [5.74, 6) is 0. The van der Waals surface area contributed by atoms with E-state index in [9.17, 15) is 0 Å². The van der Waals surface area contributed by atoms with E-state index in [1.165, 1.54) is 24.8 Å². The van der Waals surface area contributed by atoms with Gasteiger partial charge in [0.15, 0.2) is 0 Å². The Hall–Kier alpha value is -0.260. The second-order valence-corrected chi connectivity index (χ2v) is 4.40. The molecule has 0 aliphatic heterocycles. The molecular weight excluding hydrogens is 132 g/mol. The molecule has 0 aliphatic carbocycles. The van der Waals surface area contributed by atoms with Crippen molar-refractivity contribution in [1.29, 1.82) is 0 Å². The predicted molar refractivity (Wildman–Crippen MR) is 52.7 cm³/mol. The van der Waals surface area contributed by atoms with E-state index < -0.39 is 0 Å². The van der Waals surface area contributed by atoms with Crippen LogP contribution < -0.4 is 0 Å². The fourth-order valence-electron chi connectivity index (χ4n) is 1.26. The largest absolute Gasteiger partial charge is 0.0854 e. The number of hydrogen-bond acceptors (Lipinski definition) is 0. The van der Waals surface area contributed by atoms with Gasteiger partial charge in [-0.15, -0.1) is 0 Å². The minimum absolute atomic E-state index is 0.506. The van der Waals surface area contributed by atoms with Crippen molar-refractivity contribution in [3.8, 4) is 0 Å². The average molecular weight is 154 g/mol. The Balaban J connectivity index is 3.81. The minimum Gasteiger partial charge on any atom is -0.0854 e. The summed E-state index contributed by atoms with van der Waals surface area (Å²) in [6.45, 7) is 11.3. The highest BCUT2D eigenvalue weighted by Gasteiger charge is 2.13. The Morgan fingerprint density at radius 1 is 1.27 bits per heavy atom. The SMILES string of the molecule is CCCC(C)(C)CC=C(C)C. The second-order valence-electron chi connectivity index (χ2n) is 4.40. The zero-order valence-electron chi connectivity index (χ0n) is 8.70. The van der Waals surface area contributed by atoms with Gasteiger partial charge in [0.25, 0.3) is 0 Å². The Bertz CT molecular complexity index is 125. The summed E-state index contributed by atoms with van der Waals surface area (Å²) in [5, 5.41) is 0. The van der Waals surface area contributed by atoms with Gasteiger partial charge in [-0.2, -0.15) is 0 Å². The van der Waals surface area contributed by atoms with Crippen LogP contribution in [0.25, 0.3) is 0 Å². The van der Waals surface area contributed by atoms with Crippen LogP contribution in [-0.4, -0.2) is 0 Å². The first-order chi connectivity index (χ1) is 4.98. The van der Waals surface area contributed by atoms with Gasteiger partial charge in [-0.05, 0) is 32.1 Å². The molecule has 0 nitrogen and oxygen atoms in total. The van der Waals surface area contributed by atoms with Crippen molar-refractivity contribution in [2.75, 3.05) is 0 Å². The lowest BCUT2D eigenvalue weighted by molar-refractivity contribution is 0.335. The molecule has 0 N–H and O–H groups in total. The highest BCUT2D eigenvalue weighted by atomic mass is 14.2. The van der Waals surface area contributed by atoms with E-state index >= 15 is 0 Å². The Kier molecular flexibility index (Phi) is 4.48. The van der Waals surface area contributed by atoms with Crippen LogP contribution in [0.4, 0.5) is 0 Å². The summed E-state index contributed by atoms with van der Waals surface area (Å²) in [5.41, 5.74) is 1.95. The van der Waals surface area contributed by atoms with Crippen molar-refractivity contribution in [3.63, 3.8) is 0 Å². The third-order valence-corrected chi connectivity index (χ3v) is 1.99. The number of hydrogen-bond donors (Lipinski definition) is 0. The first-order valence-corrected chi connectivity index (χ1v) is 4.61. The molecule has 0 atom stereocenters. The maximum absolute atomic E-state index is 2.34. The van der Waals surface area contributed by atoms with Gasteiger partial charge in [-0.3, -0.25) is 0 Å². The molecule has 0 spiro atoms. The molecule has 0 heteroatoms. The molecule has 11 heavy (non-hydrogen) atoms. The second kappa shape index (κ2) is 4.58. The van der Waals surface area contributed by atoms with Gasteiger partial charge in [-0.1, -0.05) is 38.8 Å². The molecule has 0 bridgehead atoms. The van der Waals surface area contributed by atoms with Gasteiger partial charge >= 0.3 is 0 Å². The van der Waals surface area contributed by atoms with E-state index in [0.29, 0.717) is 5.41 Å². The predicted octanol–water partition coefficient (Wildman–Crippen LogP) is 4.17. The molecule has 0 aliphatic rings. The van der Waals surface area contributed by atoms with Crippen LogP contribution >= 0.6 is 0 Å². The molecule has 0 fully saturated rings. The van der Waals surface area contributed by atoms with Crippen molar-refractivity contribution in [2.24, 2.45) is 5.41 Å². The van der Waals surface area contributed by atoms with Gasteiger partial charge in [0.2, 0.25) is 0 Å². The van der Waals surface area contributed by atoms with Crippen molar-refractivity contribution in [1.82, 2.24) is 0 Å². The molecule has 0 aromatic carbocycles. The standard InChI is InChI=1S/C11H22/c1-6-8-11(4,5)9-7-10(2)3/h7H,6,8-9H2,1-5H3. The first kappa shape index (κ1) is 10.7. The lowest BCUT2D eigenvalue weighted by atomic mass is 9.84. The van der Waals surface area contributed by atoms with Crippen molar-refractivity contribution >= 4 is 0 Å². The minimum atomic E-state index is 0.506. The zero-order chi connectivity index (χ0) is 8.91. The Morgan fingerprint density at radius 3 is 2.18 bits per heavy atom.